The number of carbonyl (C=O) groups excluding carboxylic acids is 1. The van der Waals surface area contributed by atoms with Gasteiger partial charge in [0.15, 0.2) is 0 Å². The Bertz CT molecular complexity index is 426. The largest absolute Gasteiger partial charge is 0.497 e. The fraction of sp³-hybridized carbons (Fsp3) is 0.385. The molecule has 0 bridgehead atoms. The van der Waals surface area contributed by atoms with E-state index in [2.05, 4.69) is 4.99 Å². The van der Waals surface area contributed by atoms with Gasteiger partial charge >= 0.3 is 0 Å². The van der Waals surface area contributed by atoms with Crippen LogP contribution in [-0.2, 0) is 0 Å². The van der Waals surface area contributed by atoms with E-state index < -0.39 is 0 Å². The standard InChI is InChI=1S/C13H19N3O2/c1-15(2)13(16(3)4)14-12(17)10-6-8-11(18-5)9-7-10/h6-9H,1-5H3. The molecule has 5 nitrogen and oxygen atoms in total. The van der Waals surface area contributed by atoms with Gasteiger partial charge in [-0.25, -0.2) is 0 Å². The molecular formula is C13H19N3O2. The number of amides is 1. The topological polar surface area (TPSA) is 45.1 Å². The molecular weight excluding hydrogens is 230 g/mol. The summed E-state index contributed by atoms with van der Waals surface area (Å²) in [7, 11) is 8.98. The van der Waals surface area contributed by atoms with Crippen LogP contribution in [0.25, 0.3) is 0 Å². The summed E-state index contributed by atoms with van der Waals surface area (Å²) >= 11 is 0. The Kier molecular flexibility index (Phi) is 4.71. The van der Waals surface area contributed by atoms with E-state index in [-0.39, 0.29) is 5.91 Å². The summed E-state index contributed by atoms with van der Waals surface area (Å²) in [6, 6.07) is 6.89. The molecule has 0 aromatic heterocycles. The molecule has 1 aromatic rings. The number of methoxy groups -OCH3 is 1. The number of ether oxygens (including phenoxy) is 1. The summed E-state index contributed by atoms with van der Waals surface area (Å²) < 4.78 is 5.04. The van der Waals surface area contributed by atoms with E-state index in [0.29, 0.717) is 11.5 Å². The quantitative estimate of drug-likeness (QED) is 0.585. The SMILES string of the molecule is COc1ccc(C(=O)N=C(N(C)C)N(C)C)cc1. The molecule has 0 radical (unpaired) electrons. The van der Waals surface area contributed by atoms with Crippen LogP contribution in [0.4, 0.5) is 0 Å². The molecule has 0 unspecified atom stereocenters. The minimum absolute atomic E-state index is 0.268. The zero-order chi connectivity index (χ0) is 13.7. The van der Waals surface area contributed by atoms with E-state index in [4.69, 9.17) is 4.74 Å². The van der Waals surface area contributed by atoms with E-state index in [1.165, 1.54) is 0 Å². The van der Waals surface area contributed by atoms with Gasteiger partial charge in [-0.05, 0) is 24.3 Å². The summed E-state index contributed by atoms with van der Waals surface area (Å²) in [5.41, 5.74) is 0.539. The number of carbonyl (C=O) groups is 1. The van der Waals surface area contributed by atoms with Crippen molar-refractivity contribution in [2.45, 2.75) is 0 Å². The molecule has 0 N–H and O–H groups in total. The van der Waals surface area contributed by atoms with Gasteiger partial charge in [-0.3, -0.25) is 4.79 Å². The second-order valence-corrected chi connectivity index (χ2v) is 4.23. The normalized spacial score (nSPS) is 9.61. The molecule has 18 heavy (non-hydrogen) atoms. The van der Waals surface area contributed by atoms with Gasteiger partial charge in [0.05, 0.1) is 7.11 Å². The van der Waals surface area contributed by atoms with Crippen LogP contribution in [-0.4, -0.2) is 57.0 Å². The monoisotopic (exact) mass is 249 g/mol. The molecule has 0 saturated carbocycles. The van der Waals surface area contributed by atoms with E-state index >= 15 is 0 Å². The van der Waals surface area contributed by atoms with Crippen molar-refractivity contribution in [1.82, 2.24) is 9.80 Å². The van der Waals surface area contributed by atoms with Crippen molar-refractivity contribution >= 4 is 11.9 Å². The molecule has 0 spiro atoms. The Morgan fingerprint density at radius 1 is 1.06 bits per heavy atom. The predicted molar refractivity (Wildman–Crippen MR) is 72.1 cm³/mol. The zero-order valence-corrected chi connectivity index (χ0v) is 11.5. The molecule has 5 heteroatoms. The van der Waals surface area contributed by atoms with Crippen molar-refractivity contribution in [1.29, 1.82) is 0 Å². The van der Waals surface area contributed by atoms with Crippen molar-refractivity contribution in [2.24, 2.45) is 4.99 Å². The van der Waals surface area contributed by atoms with Gasteiger partial charge in [0, 0.05) is 33.8 Å². The fourth-order valence-electron chi connectivity index (χ4n) is 1.49. The van der Waals surface area contributed by atoms with Gasteiger partial charge in [-0.2, -0.15) is 4.99 Å². The van der Waals surface area contributed by atoms with E-state index in [9.17, 15) is 4.79 Å². The van der Waals surface area contributed by atoms with Crippen LogP contribution in [0.5, 0.6) is 5.75 Å². The number of guanidine groups is 1. The summed E-state index contributed by atoms with van der Waals surface area (Å²) in [4.78, 5) is 19.7. The van der Waals surface area contributed by atoms with Crippen LogP contribution < -0.4 is 4.74 Å². The lowest BCUT2D eigenvalue weighted by Crippen LogP contribution is -2.36. The lowest BCUT2D eigenvalue weighted by molar-refractivity contribution is 0.0999. The first kappa shape index (κ1) is 14.0. The average molecular weight is 249 g/mol. The van der Waals surface area contributed by atoms with Gasteiger partial charge in [-0.15, -0.1) is 0 Å². The van der Waals surface area contributed by atoms with Crippen molar-refractivity contribution in [3.8, 4) is 5.75 Å². The summed E-state index contributed by atoms with van der Waals surface area (Å²) in [5, 5.41) is 0. The number of aliphatic imine (C=N–C) groups is 1. The van der Waals surface area contributed by atoms with Crippen LogP contribution in [0, 0.1) is 0 Å². The Balaban J connectivity index is 2.95. The van der Waals surface area contributed by atoms with Gasteiger partial charge in [0.2, 0.25) is 5.96 Å². The molecule has 98 valence electrons. The number of hydrogen-bond donors (Lipinski definition) is 0. The van der Waals surface area contributed by atoms with Crippen LogP contribution in [0.2, 0.25) is 0 Å². The van der Waals surface area contributed by atoms with Crippen molar-refractivity contribution in [3.05, 3.63) is 29.8 Å². The average Bonchev–Trinajstić information content (AvgIpc) is 2.35. The van der Waals surface area contributed by atoms with Crippen molar-refractivity contribution in [3.63, 3.8) is 0 Å². The third-order valence-electron chi connectivity index (χ3n) is 2.34. The smallest absolute Gasteiger partial charge is 0.280 e. The van der Waals surface area contributed by atoms with E-state index in [1.807, 2.05) is 28.2 Å². The molecule has 1 aromatic carbocycles. The molecule has 1 amide bonds. The molecule has 0 heterocycles. The molecule has 1 rings (SSSR count). The zero-order valence-electron chi connectivity index (χ0n) is 11.5. The van der Waals surface area contributed by atoms with Crippen molar-refractivity contribution < 1.29 is 9.53 Å². The second kappa shape index (κ2) is 6.05. The van der Waals surface area contributed by atoms with Crippen molar-refractivity contribution in [2.75, 3.05) is 35.3 Å². The highest BCUT2D eigenvalue weighted by atomic mass is 16.5. The summed E-state index contributed by atoms with van der Waals surface area (Å²) in [5.74, 6) is 1.06. The Hall–Kier alpha value is -2.04. The Labute approximate surface area is 108 Å². The third kappa shape index (κ3) is 3.48. The maximum atomic E-state index is 12.0. The highest BCUT2D eigenvalue weighted by molar-refractivity contribution is 6.02. The first-order chi connectivity index (χ1) is 8.45. The van der Waals surface area contributed by atoms with Crippen LogP contribution in [0.1, 0.15) is 10.4 Å². The van der Waals surface area contributed by atoms with Gasteiger partial charge in [0.1, 0.15) is 5.75 Å². The number of rotatable bonds is 2. The lowest BCUT2D eigenvalue weighted by atomic mass is 10.2. The first-order valence-corrected chi connectivity index (χ1v) is 5.57. The van der Waals surface area contributed by atoms with Gasteiger partial charge in [0.25, 0.3) is 5.91 Å². The van der Waals surface area contributed by atoms with Gasteiger partial charge in [-0.1, -0.05) is 0 Å². The fourth-order valence-corrected chi connectivity index (χ4v) is 1.49. The Morgan fingerprint density at radius 3 is 1.94 bits per heavy atom. The van der Waals surface area contributed by atoms with Crippen LogP contribution in [0.3, 0.4) is 0 Å². The Morgan fingerprint density at radius 2 is 1.56 bits per heavy atom. The minimum Gasteiger partial charge on any atom is -0.497 e. The van der Waals surface area contributed by atoms with Gasteiger partial charge < -0.3 is 14.5 Å². The molecule has 0 saturated heterocycles. The summed E-state index contributed by atoms with van der Waals surface area (Å²) in [6.07, 6.45) is 0. The maximum Gasteiger partial charge on any atom is 0.280 e. The van der Waals surface area contributed by atoms with E-state index in [1.54, 1.807) is 41.2 Å². The second-order valence-electron chi connectivity index (χ2n) is 4.23. The van der Waals surface area contributed by atoms with Crippen LogP contribution in [0.15, 0.2) is 29.3 Å². The molecule has 0 aliphatic heterocycles. The predicted octanol–water partition coefficient (Wildman–Crippen LogP) is 1.31. The number of benzene rings is 1. The number of hydrogen-bond acceptors (Lipinski definition) is 2. The van der Waals surface area contributed by atoms with E-state index in [0.717, 1.165) is 5.75 Å². The maximum absolute atomic E-state index is 12.0. The lowest BCUT2D eigenvalue weighted by Gasteiger charge is -2.22. The number of nitrogens with zero attached hydrogens (tertiary/aromatic N) is 3. The summed E-state index contributed by atoms with van der Waals surface area (Å²) in [6.45, 7) is 0. The molecule has 0 fully saturated rings. The first-order valence-electron chi connectivity index (χ1n) is 5.57. The molecule has 0 aliphatic rings. The third-order valence-corrected chi connectivity index (χ3v) is 2.34. The van der Waals surface area contributed by atoms with Crippen LogP contribution >= 0.6 is 0 Å². The molecule has 0 atom stereocenters. The minimum atomic E-state index is -0.268. The highest BCUT2D eigenvalue weighted by Gasteiger charge is 2.10. The highest BCUT2D eigenvalue weighted by Crippen LogP contribution is 2.12. The molecule has 0 aliphatic carbocycles.